The van der Waals surface area contributed by atoms with Crippen molar-refractivity contribution in [1.29, 1.82) is 0 Å². The van der Waals surface area contributed by atoms with Crippen LogP contribution in [0.5, 0.6) is 0 Å². The molecule has 0 bridgehead atoms. The summed E-state index contributed by atoms with van der Waals surface area (Å²) in [6, 6.07) is 14.7. The molecule has 5 heteroatoms. The lowest BCUT2D eigenvalue weighted by Gasteiger charge is -2.17. The monoisotopic (exact) mass is 325 g/mol. The molecule has 2 aromatic carbocycles. The molecule has 0 fully saturated rings. The number of carbonyl (C=O) groups is 2. The average Bonchev–Trinajstić information content (AvgIpc) is 3.04. The molecule has 0 atom stereocenters. The van der Waals surface area contributed by atoms with E-state index < -0.39 is 5.97 Å². The van der Waals surface area contributed by atoms with Gasteiger partial charge in [-0.05, 0) is 35.7 Å². The SMILES string of the molecule is COCc1ccc(C(=O)OCC(=O)N2CCc3ccccc32)cc1. The molecule has 0 aliphatic carbocycles. The molecule has 0 saturated heterocycles. The van der Waals surface area contributed by atoms with E-state index in [9.17, 15) is 9.59 Å². The van der Waals surface area contributed by atoms with Gasteiger partial charge in [0, 0.05) is 19.3 Å². The van der Waals surface area contributed by atoms with Gasteiger partial charge in [-0.15, -0.1) is 0 Å². The molecule has 24 heavy (non-hydrogen) atoms. The highest BCUT2D eigenvalue weighted by Gasteiger charge is 2.24. The number of benzene rings is 2. The van der Waals surface area contributed by atoms with Crippen molar-refractivity contribution in [2.75, 3.05) is 25.2 Å². The summed E-state index contributed by atoms with van der Waals surface area (Å²) in [5.74, 6) is -0.705. The third-order valence-corrected chi connectivity index (χ3v) is 4.02. The summed E-state index contributed by atoms with van der Waals surface area (Å²) in [5, 5.41) is 0. The number of carbonyl (C=O) groups excluding carboxylic acids is 2. The van der Waals surface area contributed by atoms with Crippen molar-refractivity contribution in [2.24, 2.45) is 0 Å². The van der Waals surface area contributed by atoms with Gasteiger partial charge in [-0.1, -0.05) is 30.3 Å². The number of para-hydroxylation sites is 1. The van der Waals surface area contributed by atoms with Gasteiger partial charge in [-0.2, -0.15) is 0 Å². The lowest BCUT2D eigenvalue weighted by Crippen LogP contribution is -2.33. The summed E-state index contributed by atoms with van der Waals surface area (Å²) in [6.07, 6.45) is 0.830. The topological polar surface area (TPSA) is 55.8 Å². The standard InChI is InChI=1S/C19H19NO4/c1-23-12-14-6-8-16(9-7-14)19(22)24-13-18(21)20-11-10-15-4-2-3-5-17(15)20/h2-9H,10-13H2,1H3. The fourth-order valence-electron chi connectivity index (χ4n) is 2.79. The van der Waals surface area contributed by atoms with Crippen molar-refractivity contribution >= 4 is 17.6 Å². The maximum absolute atomic E-state index is 12.3. The fourth-order valence-corrected chi connectivity index (χ4v) is 2.79. The highest BCUT2D eigenvalue weighted by molar-refractivity contribution is 5.98. The second-order valence-electron chi connectivity index (χ2n) is 5.63. The first-order chi connectivity index (χ1) is 11.7. The minimum absolute atomic E-state index is 0.204. The molecule has 0 spiro atoms. The summed E-state index contributed by atoms with van der Waals surface area (Å²) in [4.78, 5) is 26.0. The Balaban J connectivity index is 1.57. The molecular weight excluding hydrogens is 306 g/mol. The summed E-state index contributed by atoms with van der Waals surface area (Å²) >= 11 is 0. The zero-order valence-electron chi connectivity index (χ0n) is 13.5. The van der Waals surface area contributed by atoms with Crippen molar-refractivity contribution in [3.05, 3.63) is 65.2 Å². The number of hydrogen-bond donors (Lipinski definition) is 0. The highest BCUT2D eigenvalue weighted by atomic mass is 16.5. The Labute approximate surface area is 140 Å². The van der Waals surface area contributed by atoms with E-state index in [0.29, 0.717) is 18.7 Å². The number of anilines is 1. The number of nitrogens with zero attached hydrogens (tertiary/aromatic N) is 1. The Bertz CT molecular complexity index is 739. The van der Waals surface area contributed by atoms with Crippen molar-refractivity contribution in [3.8, 4) is 0 Å². The van der Waals surface area contributed by atoms with Crippen LogP contribution in [0.1, 0.15) is 21.5 Å². The fraction of sp³-hybridized carbons (Fsp3) is 0.263. The van der Waals surface area contributed by atoms with E-state index in [4.69, 9.17) is 9.47 Å². The first-order valence-corrected chi connectivity index (χ1v) is 7.82. The van der Waals surface area contributed by atoms with Crippen LogP contribution in [0.25, 0.3) is 0 Å². The molecule has 2 aromatic rings. The Morgan fingerprint density at radius 2 is 1.83 bits per heavy atom. The summed E-state index contributed by atoms with van der Waals surface area (Å²) in [6.45, 7) is 0.858. The lowest BCUT2D eigenvalue weighted by molar-refractivity contribution is -0.121. The van der Waals surface area contributed by atoms with Gasteiger partial charge in [-0.3, -0.25) is 4.79 Å². The summed E-state index contributed by atoms with van der Waals surface area (Å²) in [7, 11) is 1.62. The van der Waals surface area contributed by atoms with Gasteiger partial charge in [0.25, 0.3) is 5.91 Å². The Morgan fingerprint density at radius 3 is 2.58 bits per heavy atom. The van der Waals surface area contributed by atoms with Gasteiger partial charge in [0.2, 0.25) is 0 Å². The van der Waals surface area contributed by atoms with Crippen LogP contribution in [0.3, 0.4) is 0 Å². The van der Waals surface area contributed by atoms with Crippen LogP contribution in [-0.2, 0) is 27.3 Å². The first kappa shape index (κ1) is 16.2. The molecule has 3 rings (SSSR count). The lowest BCUT2D eigenvalue weighted by atomic mass is 10.1. The minimum Gasteiger partial charge on any atom is -0.452 e. The van der Waals surface area contributed by atoms with Crippen LogP contribution in [0, 0.1) is 0 Å². The number of esters is 1. The smallest absolute Gasteiger partial charge is 0.338 e. The van der Waals surface area contributed by atoms with Crippen LogP contribution < -0.4 is 4.90 Å². The minimum atomic E-state index is -0.500. The molecule has 0 N–H and O–H groups in total. The highest BCUT2D eigenvalue weighted by Crippen LogP contribution is 2.27. The molecule has 0 saturated carbocycles. The van der Waals surface area contributed by atoms with E-state index in [2.05, 4.69) is 0 Å². The molecular formula is C19H19NO4. The zero-order chi connectivity index (χ0) is 16.9. The average molecular weight is 325 g/mol. The van der Waals surface area contributed by atoms with E-state index in [0.717, 1.165) is 23.2 Å². The molecule has 0 radical (unpaired) electrons. The van der Waals surface area contributed by atoms with Gasteiger partial charge < -0.3 is 14.4 Å². The van der Waals surface area contributed by atoms with E-state index >= 15 is 0 Å². The second kappa shape index (κ2) is 7.27. The summed E-state index contributed by atoms with van der Waals surface area (Å²) < 4.78 is 10.2. The van der Waals surface area contributed by atoms with Crippen molar-refractivity contribution in [3.63, 3.8) is 0 Å². The zero-order valence-corrected chi connectivity index (χ0v) is 13.5. The quantitative estimate of drug-likeness (QED) is 0.793. The maximum Gasteiger partial charge on any atom is 0.338 e. The van der Waals surface area contributed by atoms with Gasteiger partial charge in [0.05, 0.1) is 12.2 Å². The van der Waals surface area contributed by atoms with E-state index in [-0.39, 0.29) is 12.5 Å². The van der Waals surface area contributed by atoms with E-state index in [1.165, 1.54) is 0 Å². The molecule has 1 aliphatic rings. The third-order valence-electron chi connectivity index (χ3n) is 4.02. The van der Waals surface area contributed by atoms with Crippen molar-refractivity contribution in [1.82, 2.24) is 0 Å². The Morgan fingerprint density at radius 1 is 1.08 bits per heavy atom. The molecule has 124 valence electrons. The summed E-state index contributed by atoms with van der Waals surface area (Å²) in [5.41, 5.74) is 3.44. The van der Waals surface area contributed by atoms with Gasteiger partial charge >= 0.3 is 5.97 Å². The van der Waals surface area contributed by atoms with Crippen molar-refractivity contribution in [2.45, 2.75) is 13.0 Å². The Hall–Kier alpha value is -2.66. The Kier molecular flexibility index (Phi) is 4.91. The van der Waals surface area contributed by atoms with E-state index in [1.54, 1.807) is 36.3 Å². The van der Waals surface area contributed by atoms with Gasteiger partial charge in [-0.25, -0.2) is 4.79 Å². The van der Waals surface area contributed by atoms with Gasteiger partial charge in [0.1, 0.15) is 0 Å². The second-order valence-corrected chi connectivity index (χ2v) is 5.63. The molecule has 1 amide bonds. The largest absolute Gasteiger partial charge is 0.452 e. The maximum atomic E-state index is 12.3. The first-order valence-electron chi connectivity index (χ1n) is 7.82. The number of rotatable bonds is 5. The molecule has 0 unspecified atom stereocenters. The predicted molar refractivity (Wildman–Crippen MR) is 89.9 cm³/mol. The van der Waals surface area contributed by atoms with Crippen LogP contribution in [-0.4, -0.2) is 32.1 Å². The van der Waals surface area contributed by atoms with Crippen LogP contribution in [0.2, 0.25) is 0 Å². The third kappa shape index (κ3) is 3.46. The number of amides is 1. The predicted octanol–water partition coefficient (Wildman–Crippen LogP) is 2.58. The van der Waals surface area contributed by atoms with E-state index in [1.807, 2.05) is 24.3 Å². The van der Waals surface area contributed by atoms with Crippen LogP contribution in [0.15, 0.2) is 48.5 Å². The molecule has 1 aliphatic heterocycles. The van der Waals surface area contributed by atoms with Crippen molar-refractivity contribution < 1.29 is 19.1 Å². The number of methoxy groups -OCH3 is 1. The number of fused-ring (bicyclic) bond motifs is 1. The van der Waals surface area contributed by atoms with Gasteiger partial charge in [0.15, 0.2) is 6.61 Å². The number of hydrogen-bond acceptors (Lipinski definition) is 4. The normalized spacial score (nSPS) is 12.8. The van der Waals surface area contributed by atoms with Crippen LogP contribution >= 0.6 is 0 Å². The molecule has 0 aromatic heterocycles. The number of ether oxygens (including phenoxy) is 2. The molecule has 1 heterocycles. The molecule has 5 nitrogen and oxygen atoms in total. The van der Waals surface area contributed by atoms with Crippen LogP contribution in [0.4, 0.5) is 5.69 Å².